The van der Waals surface area contributed by atoms with Crippen LogP contribution in [-0.2, 0) is 0 Å². The number of phenolic OH excluding ortho intramolecular Hbond substituents is 1. The summed E-state index contributed by atoms with van der Waals surface area (Å²) >= 11 is 0. The minimum Gasteiger partial charge on any atom is -0.512 e. The van der Waals surface area contributed by atoms with Crippen molar-refractivity contribution in [3.05, 3.63) is 71.5 Å². The van der Waals surface area contributed by atoms with Gasteiger partial charge in [-0.1, -0.05) is 25.1 Å². The molecule has 3 aromatic rings. The minimum atomic E-state index is 0.234. The van der Waals surface area contributed by atoms with Crippen LogP contribution in [0.25, 0.3) is 16.8 Å². The molecule has 0 heterocycles. The van der Waals surface area contributed by atoms with Crippen LogP contribution in [0.2, 0.25) is 0 Å². The largest absolute Gasteiger partial charge is 0.512 e. The molecule has 3 nitrogen and oxygen atoms in total. The Morgan fingerprint density at radius 2 is 1.67 bits per heavy atom. The molecule has 0 radical (unpaired) electrons. The Morgan fingerprint density at radius 3 is 2.46 bits per heavy atom. The number of aryl methyl sites for hydroxylation is 1. The zero-order chi connectivity index (χ0) is 17.1. The summed E-state index contributed by atoms with van der Waals surface area (Å²) in [6.07, 6.45) is 2.36. The monoisotopic (exact) mass is 320 g/mol. The topological polar surface area (TPSA) is 49.7 Å². The van der Waals surface area contributed by atoms with E-state index < -0.39 is 0 Å². The van der Waals surface area contributed by atoms with Gasteiger partial charge in [0.2, 0.25) is 0 Å². The first-order chi connectivity index (χ1) is 11.5. The Morgan fingerprint density at radius 1 is 0.958 bits per heavy atom. The number of hydrogen-bond donors (Lipinski definition) is 2. The third kappa shape index (κ3) is 3.51. The molecular weight excluding hydrogens is 300 g/mol. The van der Waals surface area contributed by atoms with Gasteiger partial charge in [0.05, 0.1) is 5.76 Å². The molecule has 122 valence electrons. The van der Waals surface area contributed by atoms with E-state index in [1.54, 1.807) is 18.2 Å². The third-order valence-corrected chi connectivity index (χ3v) is 3.97. The van der Waals surface area contributed by atoms with E-state index >= 15 is 0 Å². The van der Waals surface area contributed by atoms with Crippen LogP contribution in [0.4, 0.5) is 0 Å². The molecule has 0 aliphatic carbocycles. The van der Waals surface area contributed by atoms with E-state index in [1.807, 2.05) is 56.3 Å². The fraction of sp³-hybridized carbons (Fsp3) is 0.143. The summed E-state index contributed by atoms with van der Waals surface area (Å²) in [6.45, 7) is 3.91. The zero-order valence-corrected chi connectivity index (χ0v) is 13.8. The summed E-state index contributed by atoms with van der Waals surface area (Å²) in [4.78, 5) is 0. The second kappa shape index (κ2) is 6.67. The van der Waals surface area contributed by atoms with Crippen LogP contribution in [0.15, 0.2) is 60.4 Å². The van der Waals surface area contributed by atoms with Gasteiger partial charge >= 0.3 is 0 Å². The molecule has 0 bridgehead atoms. The number of ether oxygens (including phenoxy) is 1. The number of aromatic hydroxyl groups is 1. The van der Waals surface area contributed by atoms with E-state index in [-0.39, 0.29) is 5.75 Å². The van der Waals surface area contributed by atoms with Crippen molar-refractivity contribution in [2.45, 2.75) is 20.3 Å². The summed E-state index contributed by atoms with van der Waals surface area (Å²) < 4.78 is 5.94. The third-order valence-electron chi connectivity index (χ3n) is 3.97. The smallest absolute Gasteiger partial charge is 0.128 e. The fourth-order valence-electron chi connectivity index (χ4n) is 2.53. The van der Waals surface area contributed by atoms with Gasteiger partial charge in [-0.15, -0.1) is 0 Å². The van der Waals surface area contributed by atoms with Crippen LogP contribution in [0.5, 0.6) is 17.2 Å². The van der Waals surface area contributed by atoms with Gasteiger partial charge < -0.3 is 14.9 Å². The molecule has 2 N–H and O–H groups in total. The van der Waals surface area contributed by atoms with Crippen LogP contribution in [0.1, 0.15) is 24.5 Å². The summed E-state index contributed by atoms with van der Waals surface area (Å²) in [6, 6.07) is 16.8. The van der Waals surface area contributed by atoms with Crippen molar-refractivity contribution in [3.8, 4) is 17.2 Å². The van der Waals surface area contributed by atoms with Crippen LogP contribution < -0.4 is 4.74 Å². The zero-order valence-electron chi connectivity index (χ0n) is 13.8. The van der Waals surface area contributed by atoms with Crippen molar-refractivity contribution >= 4 is 16.8 Å². The average Bonchev–Trinajstić information content (AvgIpc) is 2.57. The lowest BCUT2D eigenvalue weighted by atomic mass is 10.1. The Hall–Kier alpha value is -2.94. The normalized spacial score (nSPS) is 11.7. The maximum absolute atomic E-state index is 9.76. The van der Waals surface area contributed by atoms with E-state index in [0.29, 0.717) is 23.7 Å². The van der Waals surface area contributed by atoms with E-state index in [2.05, 4.69) is 0 Å². The van der Waals surface area contributed by atoms with Crippen molar-refractivity contribution in [3.63, 3.8) is 0 Å². The minimum absolute atomic E-state index is 0.234. The summed E-state index contributed by atoms with van der Waals surface area (Å²) in [5.74, 6) is 1.98. The van der Waals surface area contributed by atoms with Crippen molar-refractivity contribution in [1.29, 1.82) is 0 Å². The number of rotatable bonds is 4. The Balaban J connectivity index is 1.92. The molecule has 3 rings (SSSR count). The molecule has 3 heteroatoms. The first-order valence-electron chi connectivity index (χ1n) is 7.96. The molecule has 0 amide bonds. The molecule has 0 atom stereocenters. The molecule has 24 heavy (non-hydrogen) atoms. The summed E-state index contributed by atoms with van der Waals surface area (Å²) in [5.41, 5.74) is 2.01. The van der Waals surface area contributed by atoms with E-state index in [1.165, 1.54) is 0 Å². The number of aliphatic hydroxyl groups excluding tert-OH is 1. The molecular formula is C21H20O3. The van der Waals surface area contributed by atoms with Crippen molar-refractivity contribution in [1.82, 2.24) is 0 Å². The number of allylic oxidation sites excluding steroid dienone is 1. The number of benzene rings is 3. The molecule has 0 aliphatic heterocycles. The van der Waals surface area contributed by atoms with Crippen molar-refractivity contribution in [2.75, 3.05) is 0 Å². The van der Waals surface area contributed by atoms with Gasteiger partial charge in [-0.2, -0.15) is 0 Å². The lowest BCUT2D eigenvalue weighted by molar-refractivity contribution is 0.400. The van der Waals surface area contributed by atoms with E-state index in [0.717, 1.165) is 21.9 Å². The first-order valence-corrected chi connectivity index (χ1v) is 7.96. The number of fused-ring (bicyclic) bond motifs is 1. The summed E-state index contributed by atoms with van der Waals surface area (Å²) in [5, 5.41) is 21.3. The van der Waals surface area contributed by atoms with Gasteiger partial charge in [0.15, 0.2) is 0 Å². The second-order valence-corrected chi connectivity index (χ2v) is 5.80. The van der Waals surface area contributed by atoms with Crippen LogP contribution >= 0.6 is 0 Å². The molecule has 0 fully saturated rings. The first kappa shape index (κ1) is 15.9. The summed E-state index contributed by atoms with van der Waals surface area (Å²) in [7, 11) is 0. The SMILES string of the molecule is CC/C(O)=C\c1cc(Oc2ccc3ccc(O)cc3c2)ccc1C. The lowest BCUT2D eigenvalue weighted by Crippen LogP contribution is -1.88. The van der Waals surface area contributed by atoms with Gasteiger partial charge in [0.25, 0.3) is 0 Å². The molecule has 0 unspecified atom stereocenters. The maximum Gasteiger partial charge on any atom is 0.128 e. The average molecular weight is 320 g/mol. The highest BCUT2D eigenvalue weighted by Crippen LogP contribution is 2.29. The molecule has 0 aromatic heterocycles. The van der Waals surface area contributed by atoms with Gasteiger partial charge in [-0.3, -0.25) is 0 Å². The van der Waals surface area contributed by atoms with Crippen LogP contribution in [0, 0.1) is 6.92 Å². The van der Waals surface area contributed by atoms with Gasteiger partial charge in [-0.05, 0) is 71.3 Å². The van der Waals surface area contributed by atoms with Crippen LogP contribution in [0.3, 0.4) is 0 Å². The van der Waals surface area contributed by atoms with Crippen molar-refractivity contribution < 1.29 is 14.9 Å². The number of phenols is 1. The molecule has 3 aromatic carbocycles. The van der Waals surface area contributed by atoms with Gasteiger partial charge in [0, 0.05) is 6.42 Å². The highest BCUT2D eigenvalue weighted by atomic mass is 16.5. The molecule has 0 spiro atoms. The number of aliphatic hydroxyl groups is 1. The highest BCUT2D eigenvalue weighted by molar-refractivity contribution is 5.85. The molecule has 0 aliphatic rings. The highest BCUT2D eigenvalue weighted by Gasteiger charge is 2.04. The Bertz CT molecular complexity index is 910. The Labute approximate surface area is 141 Å². The lowest BCUT2D eigenvalue weighted by Gasteiger charge is -2.10. The maximum atomic E-state index is 9.76. The predicted molar refractivity (Wildman–Crippen MR) is 97.8 cm³/mol. The van der Waals surface area contributed by atoms with Gasteiger partial charge in [0.1, 0.15) is 17.2 Å². The van der Waals surface area contributed by atoms with Gasteiger partial charge in [-0.25, -0.2) is 0 Å². The van der Waals surface area contributed by atoms with E-state index in [4.69, 9.17) is 4.74 Å². The van der Waals surface area contributed by atoms with E-state index in [9.17, 15) is 10.2 Å². The van der Waals surface area contributed by atoms with Crippen LogP contribution in [-0.4, -0.2) is 10.2 Å². The Kier molecular flexibility index (Phi) is 4.43. The predicted octanol–water partition coefficient (Wildman–Crippen LogP) is 5.96. The van der Waals surface area contributed by atoms with Crippen molar-refractivity contribution in [2.24, 2.45) is 0 Å². The molecule has 0 saturated heterocycles. The number of hydrogen-bond acceptors (Lipinski definition) is 3. The molecule has 0 saturated carbocycles. The standard InChI is InChI=1S/C21H20O3/c1-3-18(22)10-16-12-20(8-4-14(16)2)24-21-9-6-15-5-7-19(23)11-17(15)13-21/h4-13,22-23H,3H2,1-2H3/b18-10+. The quantitative estimate of drug-likeness (QED) is 0.583. The second-order valence-electron chi connectivity index (χ2n) is 5.80. The fourth-order valence-corrected chi connectivity index (χ4v) is 2.53.